The number of allylic oxidation sites excluding steroid dienone is 2. The molecule has 10 heteroatoms. The first-order chi connectivity index (χ1) is 39.5. The molecule has 9 nitrogen and oxygen atoms in total. The summed E-state index contributed by atoms with van der Waals surface area (Å²) in [7, 11) is 1.50. The quantitative estimate of drug-likeness (QED) is 0.0211. The smallest absolute Gasteiger partial charge is 0.462 e. The van der Waals surface area contributed by atoms with Gasteiger partial charge in [-0.1, -0.05) is 341 Å². The third kappa shape index (κ3) is 67.7. The molecule has 0 saturated heterocycles. The van der Waals surface area contributed by atoms with Gasteiger partial charge in [-0.2, -0.15) is 0 Å². The maximum absolute atomic E-state index is 12.9. The van der Waals surface area contributed by atoms with Gasteiger partial charge in [0.2, 0.25) is 0 Å². The molecule has 0 amide bonds. The van der Waals surface area contributed by atoms with E-state index in [2.05, 4.69) is 26.0 Å². The topological polar surface area (TPSA) is 108 Å². The van der Waals surface area contributed by atoms with Crippen LogP contribution in [-0.2, 0) is 32.7 Å². The lowest BCUT2D eigenvalue weighted by Gasteiger charge is -2.24. The maximum atomic E-state index is 12.9. The van der Waals surface area contributed by atoms with Crippen LogP contribution in [0.15, 0.2) is 12.2 Å². The van der Waals surface area contributed by atoms with Crippen molar-refractivity contribution in [3.63, 3.8) is 0 Å². The van der Waals surface area contributed by atoms with E-state index in [0.717, 1.165) is 38.5 Å². The van der Waals surface area contributed by atoms with Gasteiger partial charge in [-0.25, -0.2) is 4.57 Å². The molecule has 0 radical (unpaired) electrons. The van der Waals surface area contributed by atoms with E-state index in [4.69, 9.17) is 18.5 Å². The molecule has 2 atom stereocenters. The average Bonchev–Trinajstić information content (AvgIpc) is 3.43. The molecule has 0 saturated carbocycles. The molecule has 81 heavy (non-hydrogen) atoms. The van der Waals surface area contributed by atoms with Crippen LogP contribution < -0.4 is 0 Å². The maximum Gasteiger partial charge on any atom is 0.472 e. The third-order valence-electron chi connectivity index (χ3n) is 16.5. The van der Waals surface area contributed by atoms with Crippen molar-refractivity contribution in [3.8, 4) is 0 Å². The zero-order valence-corrected chi connectivity index (χ0v) is 56.0. The molecule has 482 valence electrons. The van der Waals surface area contributed by atoms with Gasteiger partial charge in [-0.3, -0.25) is 18.6 Å². The Morgan fingerprint density at radius 2 is 0.630 bits per heavy atom. The van der Waals surface area contributed by atoms with Crippen LogP contribution in [0.2, 0.25) is 0 Å². The van der Waals surface area contributed by atoms with Gasteiger partial charge in [0.15, 0.2) is 6.10 Å². The average molecular weight is 1170 g/mol. The zero-order chi connectivity index (χ0) is 59.1. The molecule has 0 aliphatic rings. The molecule has 0 aromatic heterocycles. The largest absolute Gasteiger partial charge is 0.472 e. The van der Waals surface area contributed by atoms with E-state index in [-0.39, 0.29) is 25.6 Å². The van der Waals surface area contributed by atoms with Crippen molar-refractivity contribution in [2.24, 2.45) is 0 Å². The number of hydrogen-bond donors (Lipinski definition) is 1. The second-order valence-corrected chi connectivity index (χ2v) is 27.4. The number of phosphoric ester groups is 1. The normalized spacial score (nSPS) is 13.1. The zero-order valence-electron chi connectivity index (χ0n) is 55.1. The summed E-state index contributed by atoms with van der Waals surface area (Å²) in [6.45, 7) is 4.52. The van der Waals surface area contributed by atoms with Crippen molar-refractivity contribution in [2.75, 3.05) is 47.5 Å². The van der Waals surface area contributed by atoms with Gasteiger partial charge in [0.1, 0.15) is 19.8 Å². The standard InChI is InChI=1S/C71H140NO8P/c1-6-8-10-12-14-16-18-20-22-24-26-28-30-32-34-36-38-40-42-44-46-48-50-52-54-56-58-60-62-64-71(74)80-69(68-79-81(75,76)78-66-65-72(3,4)5)67-77-70(73)63-61-59-57-55-53-51-49-47-45-43-41-39-37-35-33-31-29-27-25-23-21-19-17-15-13-11-9-7-2/h24,26,69H,6-23,25,27-68H2,1-5H3/p+1/b26-24-. The molecular weight excluding hydrogens is 1030 g/mol. The number of carbonyl (C=O) groups excluding carboxylic acids is 2. The second-order valence-electron chi connectivity index (χ2n) is 26.0. The predicted octanol–water partition coefficient (Wildman–Crippen LogP) is 23.1. The first-order valence-corrected chi connectivity index (χ1v) is 37.4. The molecule has 0 aromatic rings. The Balaban J connectivity index is 3.97. The number of ether oxygens (including phenoxy) is 2. The monoisotopic (exact) mass is 1170 g/mol. The number of hydrogen-bond acceptors (Lipinski definition) is 7. The molecule has 0 bridgehead atoms. The highest BCUT2D eigenvalue weighted by Crippen LogP contribution is 2.43. The van der Waals surface area contributed by atoms with Gasteiger partial charge in [0, 0.05) is 12.8 Å². The molecule has 1 N–H and O–H groups in total. The van der Waals surface area contributed by atoms with Crippen molar-refractivity contribution in [1.82, 2.24) is 0 Å². The van der Waals surface area contributed by atoms with E-state index in [1.54, 1.807) is 0 Å². The molecule has 0 aliphatic heterocycles. The van der Waals surface area contributed by atoms with Crippen LogP contribution in [0.1, 0.15) is 380 Å². The van der Waals surface area contributed by atoms with Gasteiger partial charge in [0.05, 0.1) is 27.7 Å². The minimum atomic E-state index is -4.39. The Morgan fingerprint density at radius 1 is 0.370 bits per heavy atom. The van der Waals surface area contributed by atoms with Crippen LogP contribution in [0.3, 0.4) is 0 Å². The number of phosphoric acid groups is 1. The van der Waals surface area contributed by atoms with Gasteiger partial charge < -0.3 is 18.9 Å². The molecule has 0 rings (SSSR count). The predicted molar refractivity (Wildman–Crippen MR) is 349 cm³/mol. The lowest BCUT2D eigenvalue weighted by molar-refractivity contribution is -0.870. The number of rotatable bonds is 68. The number of unbranched alkanes of at least 4 members (excludes halogenated alkanes) is 52. The summed E-state index contributed by atoms with van der Waals surface area (Å²) in [6.07, 6.45) is 77.6. The molecule has 0 fully saturated rings. The molecule has 0 heterocycles. The fraction of sp³-hybridized carbons (Fsp3) is 0.944. The van der Waals surface area contributed by atoms with Gasteiger partial charge in [0.25, 0.3) is 0 Å². The van der Waals surface area contributed by atoms with E-state index >= 15 is 0 Å². The summed E-state index contributed by atoms with van der Waals surface area (Å²) in [5.41, 5.74) is 0. The van der Waals surface area contributed by atoms with Crippen LogP contribution in [0, 0.1) is 0 Å². The number of carbonyl (C=O) groups is 2. The summed E-state index contributed by atoms with van der Waals surface area (Å²) >= 11 is 0. The van der Waals surface area contributed by atoms with Crippen LogP contribution in [0.5, 0.6) is 0 Å². The van der Waals surface area contributed by atoms with Gasteiger partial charge >= 0.3 is 19.8 Å². The van der Waals surface area contributed by atoms with Crippen LogP contribution >= 0.6 is 7.82 Å². The third-order valence-corrected chi connectivity index (χ3v) is 17.5. The minimum absolute atomic E-state index is 0.0365. The van der Waals surface area contributed by atoms with E-state index in [9.17, 15) is 19.0 Å². The summed E-state index contributed by atoms with van der Waals surface area (Å²) < 4.78 is 34.8. The Bertz CT molecular complexity index is 1370. The van der Waals surface area contributed by atoms with E-state index < -0.39 is 26.5 Å². The fourth-order valence-corrected chi connectivity index (χ4v) is 11.8. The number of nitrogens with zero attached hydrogens (tertiary/aromatic N) is 1. The molecule has 0 aromatic carbocycles. The highest BCUT2D eigenvalue weighted by atomic mass is 31.2. The summed E-state index contributed by atoms with van der Waals surface area (Å²) in [5, 5.41) is 0. The molecular formula is C71H141NO8P+. The summed E-state index contributed by atoms with van der Waals surface area (Å²) in [6, 6.07) is 0. The fourth-order valence-electron chi connectivity index (χ4n) is 11.0. The number of quaternary nitrogens is 1. The number of esters is 2. The van der Waals surface area contributed by atoms with E-state index in [1.165, 1.54) is 315 Å². The summed E-state index contributed by atoms with van der Waals surface area (Å²) in [5.74, 6) is -0.770. The van der Waals surface area contributed by atoms with Crippen molar-refractivity contribution >= 4 is 19.8 Å². The highest BCUT2D eigenvalue weighted by Gasteiger charge is 2.27. The SMILES string of the molecule is CCCCCCCCCC/C=C\CCCCCCCCCCCCCCCCCCCC(=O)OC(COC(=O)CCCCCCCCCCCCCCCCCCCCCCCCCCCCCC)COP(=O)(O)OCC[N+](C)(C)C. The first kappa shape index (κ1) is 79.8. The lowest BCUT2D eigenvalue weighted by Crippen LogP contribution is -2.37. The number of likely N-dealkylation sites (N-methyl/N-ethyl adjacent to an activating group) is 1. The van der Waals surface area contributed by atoms with Crippen LogP contribution in [0.25, 0.3) is 0 Å². The first-order valence-electron chi connectivity index (χ1n) is 35.9. The molecule has 2 unspecified atom stereocenters. The minimum Gasteiger partial charge on any atom is -0.462 e. The van der Waals surface area contributed by atoms with Crippen molar-refractivity contribution < 1.29 is 42.1 Å². The van der Waals surface area contributed by atoms with Gasteiger partial charge in [-0.15, -0.1) is 0 Å². The van der Waals surface area contributed by atoms with Crippen LogP contribution in [-0.4, -0.2) is 74.9 Å². The van der Waals surface area contributed by atoms with Crippen molar-refractivity contribution in [3.05, 3.63) is 12.2 Å². The second kappa shape index (κ2) is 63.3. The van der Waals surface area contributed by atoms with Crippen LogP contribution in [0.4, 0.5) is 0 Å². The Hall–Kier alpha value is -1.25. The summed E-state index contributed by atoms with van der Waals surface area (Å²) in [4.78, 5) is 35.9. The Labute approximate surface area is 505 Å². The molecule has 0 aliphatic carbocycles. The Morgan fingerprint density at radius 3 is 0.914 bits per heavy atom. The lowest BCUT2D eigenvalue weighted by atomic mass is 10.0. The van der Waals surface area contributed by atoms with E-state index in [1.807, 2.05) is 21.1 Å². The van der Waals surface area contributed by atoms with Crippen molar-refractivity contribution in [2.45, 2.75) is 386 Å². The van der Waals surface area contributed by atoms with Gasteiger partial charge in [-0.05, 0) is 38.5 Å². The van der Waals surface area contributed by atoms with Crippen molar-refractivity contribution in [1.29, 1.82) is 0 Å². The molecule has 0 spiro atoms. The highest BCUT2D eigenvalue weighted by molar-refractivity contribution is 7.47. The Kier molecular flexibility index (Phi) is 62.3. The van der Waals surface area contributed by atoms with E-state index in [0.29, 0.717) is 17.4 Å².